The second kappa shape index (κ2) is 13.4. The molecule has 0 spiro atoms. The molecule has 1 aliphatic rings. The summed E-state index contributed by atoms with van der Waals surface area (Å²) in [7, 11) is 0. The third-order valence-corrected chi connectivity index (χ3v) is 15.1. The summed E-state index contributed by atoms with van der Waals surface area (Å²) >= 11 is 0. The molecular formula is C61H47N3. The summed E-state index contributed by atoms with van der Waals surface area (Å²) in [6, 6.07) is 74.4. The fourth-order valence-corrected chi connectivity index (χ4v) is 11.2. The van der Waals surface area contributed by atoms with Gasteiger partial charge in [0, 0.05) is 49.4 Å². The predicted octanol–water partition coefficient (Wildman–Crippen LogP) is 16.2. The Morgan fingerprint density at radius 2 is 0.656 bits per heavy atom. The number of fused-ring (bicyclic) bond motifs is 10. The minimum absolute atomic E-state index is 0.0728. The zero-order valence-corrected chi connectivity index (χ0v) is 36.6. The monoisotopic (exact) mass is 821 g/mol. The van der Waals surface area contributed by atoms with E-state index in [-0.39, 0.29) is 10.8 Å². The van der Waals surface area contributed by atoms with Gasteiger partial charge in [-0.25, -0.2) is 0 Å². The van der Waals surface area contributed by atoms with E-state index in [4.69, 9.17) is 0 Å². The van der Waals surface area contributed by atoms with Crippen LogP contribution >= 0.6 is 0 Å². The molecule has 0 bridgehead atoms. The van der Waals surface area contributed by atoms with Crippen LogP contribution in [0.1, 0.15) is 38.8 Å². The van der Waals surface area contributed by atoms with Crippen molar-refractivity contribution < 1.29 is 0 Å². The summed E-state index contributed by atoms with van der Waals surface area (Å²) in [6.45, 7) is 9.71. The van der Waals surface area contributed by atoms with Gasteiger partial charge in [-0.15, -0.1) is 0 Å². The maximum atomic E-state index is 2.52. The van der Waals surface area contributed by atoms with E-state index in [1.54, 1.807) is 0 Å². The Morgan fingerprint density at radius 3 is 1.09 bits per heavy atom. The average Bonchev–Trinajstić information content (AvgIpc) is 4.00. The minimum atomic E-state index is 0.0728. The SMILES string of the molecule is CC1(C)Cc2cc3c4cc(-c5ccc6c(c5)c5cc(-c7ccc8c(c7)c7ccccc7n8-c7ccccc7)ccc5n6-c5ccccc5)ccc4n(-c4ccccc4)c3cc2C1(C)C. The first kappa shape index (κ1) is 37.0. The van der Waals surface area contributed by atoms with Gasteiger partial charge in [-0.3, -0.25) is 0 Å². The molecule has 0 saturated heterocycles. The molecule has 306 valence electrons. The zero-order chi connectivity index (χ0) is 42.9. The van der Waals surface area contributed by atoms with Crippen molar-refractivity contribution in [1.82, 2.24) is 13.7 Å². The highest BCUT2D eigenvalue weighted by atomic mass is 15.0. The second-order valence-electron chi connectivity index (χ2n) is 19.2. The Kier molecular flexibility index (Phi) is 7.77. The van der Waals surface area contributed by atoms with E-state index in [2.05, 4.69) is 242 Å². The molecule has 0 fully saturated rings. The normalized spacial score (nSPS) is 14.4. The zero-order valence-electron chi connectivity index (χ0n) is 36.6. The maximum Gasteiger partial charge on any atom is 0.0544 e. The summed E-state index contributed by atoms with van der Waals surface area (Å²) in [5.41, 5.74) is 18.9. The highest BCUT2D eigenvalue weighted by molar-refractivity contribution is 6.15. The van der Waals surface area contributed by atoms with Crippen molar-refractivity contribution in [1.29, 1.82) is 0 Å². The van der Waals surface area contributed by atoms with Gasteiger partial charge in [0.2, 0.25) is 0 Å². The van der Waals surface area contributed by atoms with E-state index in [1.165, 1.54) is 110 Å². The third-order valence-electron chi connectivity index (χ3n) is 15.1. The van der Waals surface area contributed by atoms with Crippen LogP contribution in [-0.2, 0) is 11.8 Å². The van der Waals surface area contributed by atoms with Crippen LogP contribution in [0.5, 0.6) is 0 Å². The van der Waals surface area contributed by atoms with E-state index in [9.17, 15) is 0 Å². The van der Waals surface area contributed by atoms with Gasteiger partial charge < -0.3 is 13.7 Å². The van der Waals surface area contributed by atoms with Crippen LogP contribution < -0.4 is 0 Å². The van der Waals surface area contributed by atoms with Crippen molar-refractivity contribution >= 4 is 65.4 Å². The predicted molar refractivity (Wildman–Crippen MR) is 271 cm³/mol. The molecule has 0 atom stereocenters. The van der Waals surface area contributed by atoms with Crippen LogP contribution in [0.4, 0.5) is 0 Å². The van der Waals surface area contributed by atoms with Gasteiger partial charge in [-0.05, 0) is 154 Å². The van der Waals surface area contributed by atoms with Gasteiger partial charge in [-0.1, -0.05) is 125 Å². The van der Waals surface area contributed by atoms with Crippen molar-refractivity contribution in [3.8, 4) is 39.3 Å². The fourth-order valence-electron chi connectivity index (χ4n) is 11.2. The lowest BCUT2D eigenvalue weighted by Crippen LogP contribution is -2.32. The van der Waals surface area contributed by atoms with E-state index < -0.39 is 0 Å². The van der Waals surface area contributed by atoms with Crippen LogP contribution in [-0.4, -0.2) is 13.7 Å². The molecule has 0 amide bonds. The molecule has 0 radical (unpaired) electrons. The molecule has 0 aliphatic heterocycles. The smallest absolute Gasteiger partial charge is 0.0544 e. The molecule has 3 nitrogen and oxygen atoms in total. The van der Waals surface area contributed by atoms with Gasteiger partial charge in [0.15, 0.2) is 0 Å². The Hall–Kier alpha value is -7.62. The fraction of sp³-hybridized carbons (Fsp3) is 0.115. The molecule has 3 heterocycles. The van der Waals surface area contributed by atoms with Gasteiger partial charge in [-0.2, -0.15) is 0 Å². The van der Waals surface area contributed by atoms with Gasteiger partial charge in [0.05, 0.1) is 33.1 Å². The highest BCUT2D eigenvalue weighted by Gasteiger charge is 2.45. The highest BCUT2D eigenvalue weighted by Crippen LogP contribution is 2.53. The lowest BCUT2D eigenvalue weighted by atomic mass is 9.69. The Labute approximate surface area is 373 Å². The standard InChI is InChI=1S/C61H47N3/c1-60(2)38-43-36-52-51-35-42(27-31-58(51)64(46-20-12-7-13-21-46)59(52)37-53(43)61(60,3)4)41-26-30-57-50(34-41)49-33-40(25-29-56(49)63(57)45-18-10-6-11-19-45)39-24-28-55-48(32-39)47-22-14-15-23-54(47)62(55)44-16-8-5-9-17-44/h5-37H,38H2,1-4H3. The molecule has 0 N–H and O–H groups in total. The van der Waals surface area contributed by atoms with Crippen LogP contribution in [0.15, 0.2) is 200 Å². The number of aromatic nitrogens is 3. The first-order valence-electron chi connectivity index (χ1n) is 22.6. The Morgan fingerprint density at radius 1 is 0.312 bits per heavy atom. The number of benzene rings is 9. The van der Waals surface area contributed by atoms with Gasteiger partial charge in [0.1, 0.15) is 0 Å². The summed E-state index contributed by atoms with van der Waals surface area (Å²) in [5, 5.41) is 7.62. The first-order chi connectivity index (χ1) is 31.2. The van der Waals surface area contributed by atoms with Crippen LogP contribution in [0.3, 0.4) is 0 Å². The van der Waals surface area contributed by atoms with E-state index in [0.717, 1.165) is 12.1 Å². The first-order valence-corrected chi connectivity index (χ1v) is 22.6. The Bertz CT molecular complexity index is 3840. The van der Waals surface area contributed by atoms with Gasteiger partial charge >= 0.3 is 0 Å². The molecule has 9 aromatic carbocycles. The van der Waals surface area contributed by atoms with Crippen molar-refractivity contribution in [3.63, 3.8) is 0 Å². The number of hydrogen-bond acceptors (Lipinski definition) is 0. The van der Waals surface area contributed by atoms with Crippen LogP contribution in [0.25, 0.3) is 105 Å². The molecule has 13 rings (SSSR count). The topological polar surface area (TPSA) is 14.8 Å². The molecule has 12 aromatic rings. The molecular weight excluding hydrogens is 775 g/mol. The van der Waals surface area contributed by atoms with Crippen molar-refractivity contribution in [3.05, 3.63) is 211 Å². The van der Waals surface area contributed by atoms with Crippen LogP contribution in [0.2, 0.25) is 0 Å². The summed E-state index contributed by atoms with van der Waals surface area (Å²) in [6.07, 6.45) is 1.08. The molecule has 3 heteroatoms. The molecule has 0 saturated carbocycles. The molecule has 0 unspecified atom stereocenters. The Balaban J connectivity index is 1.00. The largest absolute Gasteiger partial charge is 0.309 e. The lowest BCUT2D eigenvalue weighted by Gasteiger charge is -2.35. The van der Waals surface area contributed by atoms with Crippen molar-refractivity contribution in [2.45, 2.75) is 39.5 Å². The number of hydrogen-bond donors (Lipinski definition) is 0. The molecule has 1 aliphatic carbocycles. The third kappa shape index (κ3) is 5.28. The summed E-state index contributed by atoms with van der Waals surface area (Å²) < 4.78 is 7.29. The second-order valence-corrected chi connectivity index (χ2v) is 19.2. The van der Waals surface area contributed by atoms with Crippen molar-refractivity contribution in [2.75, 3.05) is 0 Å². The maximum absolute atomic E-state index is 2.52. The van der Waals surface area contributed by atoms with Crippen molar-refractivity contribution in [2.24, 2.45) is 5.41 Å². The molecule has 3 aromatic heterocycles. The number of nitrogens with zero attached hydrogens (tertiary/aromatic N) is 3. The number of para-hydroxylation sites is 4. The number of rotatable bonds is 5. The molecule has 64 heavy (non-hydrogen) atoms. The summed E-state index contributed by atoms with van der Waals surface area (Å²) in [4.78, 5) is 0. The average molecular weight is 822 g/mol. The lowest BCUT2D eigenvalue weighted by molar-refractivity contribution is 0.225. The van der Waals surface area contributed by atoms with Gasteiger partial charge in [0.25, 0.3) is 0 Å². The quantitative estimate of drug-likeness (QED) is 0.164. The summed E-state index contributed by atoms with van der Waals surface area (Å²) in [5.74, 6) is 0. The van der Waals surface area contributed by atoms with E-state index in [1.807, 2.05) is 0 Å². The van der Waals surface area contributed by atoms with E-state index in [0.29, 0.717) is 0 Å². The minimum Gasteiger partial charge on any atom is -0.309 e. The van der Waals surface area contributed by atoms with Crippen LogP contribution in [0, 0.1) is 5.41 Å². The van der Waals surface area contributed by atoms with E-state index >= 15 is 0 Å².